The van der Waals surface area contributed by atoms with Crippen LogP contribution in [-0.2, 0) is 9.47 Å². The maximum absolute atomic E-state index is 14.2. The van der Waals surface area contributed by atoms with Gasteiger partial charge in [-0.05, 0) is 25.5 Å². The minimum atomic E-state index is -1.44. The molecule has 0 N–H and O–H groups in total. The highest BCUT2D eigenvalue weighted by molar-refractivity contribution is 5.30. The molecule has 0 aliphatic carbocycles. The number of rotatable bonds is 5. The molecule has 0 amide bonds. The number of hydrogen-bond donors (Lipinski definition) is 0. The normalized spacial score (nSPS) is 26.5. The fraction of sp³-hybridized carbons (Fsp3) is 0.600. The van der Waals surface area contributed by atoms with Crippen LogP contribution in [0.25, 0.3) is 0 Å². The summed E-state index contributed by atoms with van der Waals surface area (Å²) in [6.45, 7) is 4.04. The average Bonchev–Trinajstić information content (AvgIpc) is 2.42. The Morgan fingerprint density at radius 3 is 2.55 bits per heavy atom. The second kappa shape index (κ2) is 6.50. The van der Waals surface area contributed by atoms with E-state index in [0.717, 1.165) is 6.42 Å². The van der Waals surface area contributed by atoms with Crippen LogP contribution in [0.4, 0.5) is 8.78 Å². The maximum Gasteiger partial charge on any atom is 0.184 e. The second-order valence-corrected chi connectivity index (χ2v) is 4.98. The second-order valence-electron chi connectivity index (χ2n) is 4.98. The number of ether oxygens (including phenoxy) is 3. The van der Waals surface area contributed by atoms with Crippen LogP contribution in [0.15, 0.2) is 18.2 Å². The van der Waals surface area contributed by atoms with Crippen LogP contribution in [-0.4, -0.2) is 25.5 Å². The Hall–Kier alpha value is -1.20. The van der Waals surface area contributed by atoms with Crippen LogP contribution in [0.2, 0.25) is 0 Å². The van der Waals surface area contributed by atoms with Crippen molar-refractivity contribution >= 4 is 0 Å². The predicted octanol–water partition coefficient (Wildman–Crippen LogP) is 3.78. The SMILES string of the molecule is CCCC1(F)COC(c2ccc(OCC)c(F)c2)OC1. The molecule has 5 heteroatoms. The molecule has 1 aliphatic rings. The van der Waals surface area contributed by atoms with Gasteiger partial charge in [-0.15, -0.1) is 0 Å². The monoisotopic (exact) mass is 286 g/mol. The molecule has 20 heavy (non-hydrogen) atoms. The van der Waals surface area contributed by atoms with Crippen LogP contribution in [0.1, 0.15) is 38.5 Å². The number of hydrogen-bond acceptors (Lipinski definition) is 3. The summed E-state index contributed by atoms with van der Waals surface area (Å²) >= 11 is 0. The van der Waals surface area contributed by atoms with Gasteiger partial charge < -0.3 is 14.2 Å². The van der Waals surface area contributed by atoms with Gasteiger partial charge in [0, 0.05) is 5.56 Å². The number of halogens is 2. The van der Waals surface area contributed by atoms with E-state index < -0.39 is 17.8 Å². The summed E-state index contributed by atoms with van der Waals surface area (Å²) in [5, 5.41) is 0. The Balaban J connectivity index is 2.02. The van der Waals surface area contributed by atoms with Gasteiger partial charge in [0.1, 0.15) is 0 Å². The van der Waals surface area contributed by atoms with Crippen molar-refractivity contribution in [1.82, 2.24) is 0 Å². The smallest absolute Gasteiger partial charge is 0.184 e. The Kier molecular flexibility index (Phi) is 4.94. The third kappa shape index (κ3) is 3.46. The lowest BCUT2D eigenvalue weighted by Gasteiger charge is -2.34. The molecule has 1 heterocycles. The van der Waals surface area contributed by atoms with E-state index in [1.807, 2.05) is 6.92 Å². The molecule has 1 aliphatic heterocycles. The van der Waals surface area contributed by atoms with Crippen molar-refractivity contribution < 1.29 is 23.0 Å². The van der Waals surface area contributed by atoms with Crippen molar-refractivity contribution in [3.8, 4) is 5.75 Å². The molecule has 112 valence electrons. The van der Waals surface area contributed by atoms with E-state index in [-0.39, 0.29) is 19.0 Å². The Labute approximate surface area is 117 Å². The summed E-state index contributed by atoms with van der Waals surface area (Å²) in [5.74, 6) is -0.278. The van der Waals surface area contributed by atoms with Crippen LogP contribution in [0.3, 0.4) is 0 Å². The first-order valence-corrected chi connectivity index (χ1v) is 6.92. The summed E-state index contributed by atoms with van der Waals surface area (Å²) < 4.78 is 43.8. The van der Waals surface area contributed by atoms with Gasteiger partial charge in [0.15, 0.2) is 23.5 Å². The summed E-state index contributed by atoms with van der Waals surface area (Å²) in [7, 11) is 0. The first-order valence-electron chi connectivity index (χ1n) is 6.92. The van der Waals surface area contributed by atoms with Crippen LogP contribution >= 0.6 is 0 Å². The molecule has 2 rings (SSSR count). The van der Waals surface area contributed by atoms with Crippen molar-refractivity contribution in [3.05, 3.63) is 29.6 Å². The number of benzene rings is 1. The third-order valence-electron chi connectivity index (χ3n) is 3.21. The fourth-order valence-electron chi connectivity index (χ4n) is 2.26. The molecule has 3 nitrogen and oxygen atoms in total. The highest BCUT2D eigenvalue weighted by atomic mass is 19.1. The van der Waals surface area contributed by atoms with Crippen molar-refractivity contribution in [2.75, 3.05) is 19.8 Å². The molecule has 1 saturated heterocycles. The molecular weight excluding hydrogens is 266 g/mol. The van der Waals surface area contributed by atoms with Gasteiger partial charge in [-0.1, -0.05) is 19.4 Å². The lowest BCUT2D eigenvalue weighted by molar-refractivity contribution is -0.239. The Morgan fingerprint density at radius 2 is 2.00 bits per heavy atom. The molecule has 0 radical (unpaired) electrons. The summed E-state index contributed by atoms with van der Waals surface area (Å²) in [4.78, 5) is 0. The largest absolute Gasteiger partial charge is 0.491 e. The van der Waals surface area contributed by atoms with E-state index in [0.29, 0.717) is 18.6 Å². The van der Waals surface area contributed by atoms with Crippen LogP contribution < -0.4 is 4.74 Å². The zero-order valence-electron chi connectivity index (χ0n) is 11.8. The quantitative estimate of drug-likeness (QED) is 0.824. The van der Waals surface area contributed by atoms with E-state index in [1.54, 1.807) is 13.0 Å². The summed E-state index contributed by atoms with van der Waals surface area (Å²) in [5.41, 5.74) is -0.904. The predicted molar refractivity (Wildman–Crippen MR) is 71.0 cm³/mol. The molecule has 1 fully saturated rings. The van der Waals surface area contributed by atoms with Gasteiger partial charge in [-0.2, -0.15) is 0 Å². The third-order valence-corrected chi connectivity index (χ3v) is 3.21. The maximum atomic E-state index is 14.2. The first-order chi connectivity index (χ1) is 9.58. The Morgan fingerprint density at radius 1 is 1.30 bits per heavy atom. The summed E-state index contributed by atoms with van der Waals surface area (Å²) in [6, 6.07) is 4.51. The van der Waals surface area contributed by atoms with E-state index in [9.17, 15) is 8.78 Å². The molecule has 1 aromatic rings. The van der Waals surface area contributed by atoms with Crippen molar-refractivity contribution in [3.63, 3.8) is 0 Å². The van der Waals surface area contributed by atoms with E-state index in [4.69, 9.17) is 14.2 Å². The number of alkyl halides is 1. The zero-order chi connectivity index (χ0) is 14.6. The molecule has 0 saturated carbocycles. The van der Waals surface area contributed by atoms with Crippen LogP contribution in [0.5, 0.6) is 5.75 Å². The van der Waals surface area contributed by atoms with Gasteiger partial charge in [0.05, 0.1) is 19.8 Å². The van der Waals surface area contributed by atoms with E-state index >= 15 is 0 Å². The lowest BCUT2D eigenvalue weighted by Crippen LogP contribution is -2.41. The fourth-order valence-corrected chi connectivity index (χ4v) is 2.26. The highest BCUT2D eigenvalue weighted by Gasteiger charge is 2.36. The lowest BCUT2D eigenvalue weighted by atomic mass is 10.0. The topological polar surface area (TPSA) is 27.7 Å². The molecule has 0 atom stereocenters. The van der Waals surface area contributed by atoms with Crippen LogP contribution in [0, 0.1) is 5.82 Å². The van der Waals surface area contributed by atoms with Crippen molar-refractivity contribution in [1.29, 1.82) is 0 Å². The van der Waals surface area contributed by atoms with Crippen molar-refractivity contribution in [2.45, 2.75) is 38.6 Å². The molecule has 0 spiro atoms. The van der Waals surface area contributed by atoms with Gasteiger partial charge in [-0.3, -0.25) is 0 Å². The first kappa shape index (κ1) is 15.2. The van der Waals surface area contributed by atoms with Gasteiger partial charge in [-0.25, -0.2) is 8.78 Å². The van der Waals surface area contributed by atoms with E-state index in [1.165, 1.54) is 12.1 Å². The summed E-state index contributed by atoms with van der Waals surface area (Å²) in [6.07, 6.45) is 0.407. The highest BCUT2D eigenvalue weighted by Crippen LogP contribution is 2.33. The minimum absolute atomic E-state index is 0.0274. The van der Waals surface area contributed by atoms with Gasteiger partial charge >= 0.3 is 0 Å². The molecule has 0 bridgehead atoms. The molecule has 0 unspecified atom stereocenters. The Bertz CT molecular complexity index is 443. The minimum Gasteiger partial charge on any atom is -0.491 e. The molecule has 1 aromatic carbocycles. The molecule has 0 aromatic heterocycles. The average molecular weight is 286 g/mol. The standard InChI is InChI=1S/C15H20F2O3/c1-3-7-15(17)9-19-14(20-10-15)11-5-6-13(18-4-2)12(16)8-11/h5-6,8,14H,3-4,7,9-10H2,1-2H3. The van der Waals surface area contributed by atoms with Crippen molar-refractivity contribution in [2.24, 2.45) is 0 Å². The van der Waals surface area contributed by atoms with Gasteiger partial charge in [0.25, 0.3) is 0 Å². The molecular formula is C15H20F2O3. The zero-order valence-corrected chi connectivity index (χ0v) is 11.8. The van der Waals surface area contributed by atoms with E-state index in [2.05, 4.69) is 0 Å². The van der Waals surface area contributed by atoms with Gasteiger partial charge in [0.2, 0.25) is 0 Å².